The van der Waals surface area contributed by atoms with Crippen molar-refractivity contribution >= 4 is 39.2 Å². The molecule has 2 aromatic rings. The summed E-state index contributed by atoms with van der Waals surface area (Å²) in [5, 5.41) is 2.62. The summed E-state index contributed by atoms with van der Waals surface area (Å²) in [6, 6.07) is 11.3. The molecule has 33 heavy (non-hydrogen) atoms. The molecule has 0 atom stereocenters. The van der Waals surface area contributed by atoms with Crippen molar-refractivity contribution in [2.45, 2.75) is 18.2 Å². The summed E-state index contributed by atoms with van der Waals surface area (Å²) in [4.78, 5) is 24.2. The van der Waals surface area contributed by atoms with Gasteiger partial charge in [-0.25, -0.2) is 13.2 Å². The van der Waals surface area contributed by atoms with Crippen molar-refractivity contribution < 1.29 is 32.2 Å². The molecule has 0 spiro atoms. The van der Waals surface area contributed by atoms with Gasteiger partial charge in [-0.1, -0.05) is 36.7 Å². The average Bonchev–Trinajstić information content (AvgIpc) is 2.83. The van der Waals surface area contributed by atoms with Crippen molar-refractivity contribution in [3.05, 3.63) is 53.1 Å². The highest BCUT2D eigenvalue weighted by Crippen LogP contribution is 2.27. The predicted octanol–water partition coefficient (Wildman–Crippen LogP) is 2.48. The number of morpholine rings is 1. The number of benzene rings is 2. The molecule has 11 heteroatoms. The molecule has 3 rings (SSSR count). The minimum absolute atomic E-state index is 0.0101. The normalized spacial score (nSPS) is 14.5. The summed E-state index contributed by atoms with van der Waals surface area (Å²) in [7, 11) is -3.76. The first-order valence-corrected chi connectivity index (χ1v) is 12.2. The lowest BCUT2D eigenvalue weighted by molar-refractivity contribution is -0.149. The number of hydrogen-bond donors (Lipinski definition) is 1. The molecule has 1 aliphatic rings. The highest BCUT2D eigenvalue weighted by molar-refractivity contribution is 7.89. The Hall–Kier alpha value is -2.66. The van der Waals surface area contributed by atoms with E-state index < -0.39 is 28.5 Å². The van der Waals surface area contributed by atoms with Crippen LogP contribution < -0.4 is 10.1 Å². The van der Waals surface area contributed by atoms with Crippen LogP contribution in [0.2, 0.25) is 5.02 Å². The standard InChI is InChI=1S/C22H25ClN2O7S/c1-2-16-5-3-4-6-20(16)31-15-22(27)32-14-21(26)24-19-13-17(7-8-18(19)23)33(28,29)25-9-11-30-12-10-25/h3-8,13H,2,9-12,14-15H2,1H3,(H,24,26). The molecule has 1 N–H and O–H groups in total. The van der Waals surface area contributed by atoms with E-state index in [0.29, 0.717) is 19.0 Å². The molecule has 0 aliphatic carbocycles. The molecule has 178 valence electrons. The van der Waals surface area contributed by atoms with Crippen LogP contribution in [0.3, 0.4) is 0 Å². The Morgan fingerprint density at radius 1 is 1.12 bits per heavy atom. The summed E-state index contributed by atoms with van der Waals surface area (Å²) in [6.07, 6.45) is 0.745. The monoisotopic (exact) mass is 496 g/mol. The zero-order valence-electron chi connectivity index (χ0n) is 18.1. The average molecular weight is 497 g/mol. The van der Waals surface area contributed by atoms with Gasteiger partial charge >= 0.3 is 5.97 Å². The number of carbonyl (C=O) groups is 2. The van der Waals surface area contributed by atoms with E-state index in [1.54, 1.807) is 12.1 Å². The highest BCUT2D eigenvalue weighted by atomic mass is 35.5. The van der Waals surface area contributed by atoms with Gasteiger partial charge in [0.2, 0.25) is 10.0 Å². The molecule has 9 nitrogen and oxygen atoms in total. The minimum atomic E-state index is -3.76. The number of sulfonamides is 1. The van der Waals surface area contributed by atoms with Gasteiger partial charge in [-0.05, 0) is 36.2 Å². The van der Waals surface area contributed by atoms with Gasteiger partial charge < -0.3 is 19.5 Å². The maximum Gasteiger partial charge on any atom is 0.344 e. The van der Waals surface area contributed by atoms with E-state index in [9.17, 15) is 18.0 Å². The van der Waals surface area contributed by atoms with Crippen molar-refractivity contribution in [1.82, 2.24) is 4.31 Å². The number of halogens is 1. The molecular formula is C22H25ClN2O7S. The number of nitrogens with zero attached hydrogens (tertiary/aromatic N) is 1. The number of amides is 1. The fourth-order valence-corrected chi connectivity index (χ4v) is 4.74. The molecule has 0 saturated carbocycles. The van der Waals surface area contributed by atoms with Crippen molar-refractivity contribution in [2.24, 2.45) is 0 Å². The number of rotatable bonds is 9. The second-order valence-corrected chi connectivity index (χ2v) is 9.46. The predicted molar refractivity (Wildman–Crippen MR) is 122 cm³/mol. The number of nitrogens with one attached hydrogen (secondary N) is 1. The van der Waals surface area contributed by atoms with Crippen molar-refractivity contribution in [3.8, 4) is 5.75 Å². The van der Waals surface area contributed by atoms with E-state index >= 15 is 0 Å². The first kappa shape index (κ1) is 25.0. The molecule has 0 unspecified atom stereocenters. The SMILES string of the molecule is CCc1ccccc1OCC(=O)OCC(=O)Nc1cc(S(=O)(=O)N2CCOCC2)ccc1Cl. The number of esters is 1. The van der Waals surface area contributed by atoms with Gasteiger partial charge in [-0.15, -0.1) is 0 Å². The summed E-state index contributed by atoms with van der Waals surface area (Å²) in [6.45, 7) is 2.16. The zero-order valence-corrected chi connectivity index (χ0v) is 19.7. The Balaban J connectivity index is 1.55. The first-order chi connectivity index (χ1) is 15.8. The third-order valence-electron chi connectivity index (χ3n) is 4.88. The fourth-order valence-electron chi connectivity index (χ4n) is 3.14. The fraction of sp³-hybridized carbons (Fsp3) is 0.364. The summed E-state index contributed by atoms with van der Waals surface area (Å²) >= 11 is 6.11. The molecular weight excluding hydrogens is 472 g/mol. The number of aryl methyl sites for hydroxylation is 1. The van der Waals surface area contributed by atoms with Gasteiger partial charge in [-0.2, -0.15) is 4.31 Å². The van der Waals surface area contributed by atoms with E-state index in [4.69, 9.17) is 25.8 Å². The summed E-state index contributed by atoms with van der Waals surface area (Å²) in [5.74, 6) is -0.808. The Labute approximate surface area is 197 Å². The zero-order chi connectivity index (χ0) is 23.8. The highest BCUT2D eigenvalue weighted by Gasteiger charge is 2.27. The van der Waals surface area contributed by atoms with Gasteiger partial charge in [0.25, 0.3) is 5.91 Å². The molecule has 1 aliphatic heterocycles. The van der Waals surface area contributed by atoms with Gasteiger partial charge in [0.1, 0.15) is 5.75 Å². The number of anilines is 1. The van der Waals surface area contributed by atoms with Crippen molar-refractivity contribution in [3.63, 3.8) is 0 Å². The number of hydrogen-bond acceptors (Lipinski definition) is 7. The van der Waals surface area contributed by atoms with Crippen LogP contribution >= 0.6 is 11.6 Å². The lowest BCUT2D eigenvalue weighted by atomic mass is 10.1. The van der Waals surface area contributed by atoms with Gasteiger partial charge in [0, 0.05) is 13.1 Å². The van der Waals surface area contributed by atoms with E-state index in [0.717, 1.165) is 12.0 Å². The van der Waals surface area contributed by atoms with Gasteiger partial charge in [0.15, 0.2) is 13.2 Å². The molecule has 1 fully saturated rings. The third kappa shape index (κ3) is 6.67. The van der Waals surface area contributed by atoms with Crippen LogP contribution in [0.5, 0.6) is 5.75 Å². The summed E-state index contributed by atoms with van der Waals surface area (Å²) in [5.41, 5.74) is 1.05. The Kier molecular flexibility index (Phi) is 8.67. The van der Waals surface area contributed by atoms with Crippen LogP contribution in [0, 0.1) is 0 Å². The van der Waals surface area contributed by atoms with Gasteiger partial charge in [-0.3, -0.25) is 4.79 Å². The number of ether oxygens (including phenoxy) is 3. The molecule has 1 heterocycles. The van der Waals surface area contributed by atoms with Gasteiger partial charge in [0.05, 0.1) is 28.8 Å². The van der Waals surface area contributed by atoms with Crippen LogP contribution in [0.4, 0.5) is 5.69 Å². The Morgan fingerprint density at radius 3 is 2.58 bits per heavy atom. The van der Waals surface area contributed by atoms with E-state index in [1.807, 2.05) is 19.1 Å². The smallest absolute Gasteiger partial charge is 0.344 e. The third-order valence-corrected chi connectivity index (χ3v) is 7.11. The molecule has 0 radical (unpaired) electrons. The van der Waals surface area contributed by atoms with Crippen LogP contribution in [0.1, 0.15) is 12.5 Å². The van der Waals surface area contributed by atoms with Crippen LogP contribution in [-0.4, -0.2) is 64.1 Å². The molecule has 2 aromatic carbocycles. The maximum atomic E-state index is 12.8. The maximum absolute atomic E-state index is 12.8. The number of carbonyl (C=O) groups excluding carboxylic acids is 2. The second-order valence-electron chi connectivity index (χ2n) is 7.12. The Bertz CT molecular complexity index is 1100. The molecule has 0 bridgehead atoms. The minimum Gasteiger partial charge on any atom is -0.482 e. The lowest BCUT2D eigenvalue weighted by Gasteiger charge is -2.26. The van der Waals surface area contributed by atoms with E-state index in [-0.39, 0.29) is 35.3 Å². The quantitative estimate of drug-likeness (QED) is 0.531. The lowest BCUT2D eigenvalue weighted by Crippen LogP contribution is -2.40. The van der Waals surface area contributed by atoms with E-state index in [1.165, 1.54) is 22.5 Å². The molecule has 0 aromatic heterocycles. The van der Waals surface area contributed by atoms with Crippen LogP contribution in [0.15, 0.2) is 47.4 Å². The summed E-state index contributed by atoms with van der Waals surface area (Å²) < 4.78 is 42.5. The second kappa shape index (κ2) is 11.5. The van der Waals surface area contributed by atoms with Crippen LogP contribution in [0.25, 0.3) is 0 Å². The van der Waals surface area contributed by atoms with Crippen molar-refractivity contribution in [2.75, 3.05) is 44.8 Å². The van der Waals surface area contributed by atoms with Crippen molar-refractivity contribution in [1.29, 1.82) is 0 Å². The van der Waals surface area contributed by atoms with Crippen LogP contribution in [-0.2, 0) is 35.5 Å². The number of para-hydroxylation sites is 1. The topological polar surface area (TPSA) is 111 Å². The Morgan fingerprint density at radius 2 is 1.85 bits per heavy atom. The molecule has 1 saturated heterocycles. The molecule has 1 amide bonds. The first-order valence-electron chi connectivity index (χ1n) is 10.3. The van der Waals surface area contributed by atoms with E-state index in [2.05, 4.69) is 5.32 Å². The largest absolute Gasteiger partial charge is 0.482 e.